The monoisotopic (exact) mass is 357 g/mol. The van der Waals surface area contributed by atoms with Gasteiger partial charge in [0.25, 0.3) is 0 Å². The van der Waals surface area contributed by atoms with Crippen molar-refractivity contribution >= 4 is 5.91 Å². The average Bonchev–Trinajstić information content (AvgIpc) is 2.71. The van der Waals surface area contributed by atoms with Crippen molar-refractivity contribution < 1.29 is 4.79 Å². The Kier molecular flexibility index (Phi) is 5.75. The Morgan fingerprint density at radius 2 is 1.00 bits per heavy atom. The molecule has 0 aliphatic rings. The molecule has 1 N–H and O–H groups in total. The first-order valence-electron chi connectivity index (χ1n) is 9.54. The van der Waals surface area contributed by atoms with Gasteiger partial charge in [0.2, 0.25) is 5.91 Å². The highest BCUT2D eigenvalue weighted by Crippen LogP contribution is 2.39. The van der Waals surface area contributed by atoms with Crippen molar-refractivity contribution in [3.05, 3.63) is 108 Å². The summed E-state index contributed by atoms with van der Waals surface area (Å²) in [5.74, 6) is 0.362. The molecular formula is C25H27NO. The molecule has 1 atom stereocenters. The Morgan fingerprint density at radius 1 is 0.667 bits per heavy atom. The van der Waals surface area contributed by atoms with Crippen molar-refractivity contribution in [2.75, 3.05) is 0 Å². The van der Waals surface area contributed by atoms with E-state index in [1.54, 1.807) is 0 Å². The molecule has 27 heavy (non-hydrogen) atoms. The normalized spacial score (nSPS) is 12.6. The fraction of sp³-hybridized carbons (Fsp3) is 0.240. The molecule has 0 bridgehead atoms. The largest absolute Gasteiger partial charge is 0.352 e. The van der Waals surface area contributed by atoms with E-state index in [1.165, 1.54) is 0 Å². The van der Waals surface area contributed by atoms with Crippen LogP contribution in [0, 0.1) is 5.92 Å². The summed E-state index contributed by atoms with van der Waals surface area (Å²) in [6.07, 6.45) is 0. The molecule has 0 saturated heterocycles. The minimum absolute atomic E-state index is 0.00676. The topological polar surface area (TPSA) is 29.1 Å². The number of hydrogen-bond donors (Lipinski definition) is 1. The third-order valence-electron chi connectivity index (χ3n) is 5.32. The SMILES string of the molecule is CC(C)[C@H](C)NC(=O)C(c1ccccc1)(c1ccccc1)c1ccccc1. The number of carbonyl (C=O) groups excluding carboxylic acids is 1. The Bertz CT molecular complexity index is 760. The van der Waals surface area contributed by atoms with Gasteiger partial charge in [-0.15, -0.1) is 0 Å². The fourth-order valence-corrected chi connectivity index (χ4v) is 3.44. The lowest BCUT2D eigenvalue weighted by Gasteiger charge is -2.36. The minimum Gasteiger partial charge on any atom is -0.352 e. The van der Waals surface area contributed by atoms with Gasteiger partial charge in [0, 0.05) is 6.04 Å². The molecule has 0 aliphatic heterocycles. The molecule has 0 saturated carbocycles. The van der Waals surface area contributed by atoms with Crippen LogP contribution in [0.3, 0.4) is 0 Å². The van der Waals surface area contributed by atoms with Crippen LogP contribution < -0.4 is 5.32 Å². The van der Waals surface area contributed by atoms with Crippen LogP contribution in [0.2, 0.25) is 0 Å². The molecule has 0 aliphatic carbocycles. The maximum atomic E-state index is 13.9. The zero-order valence-corrected chi connectivity index (χ0v) is 16.2. The summed E-state index contributed by atoms with van der Waals surface area (Å²) in [6.45, 7) is 6.31. The van der Waals surface area contributed by atoms with Crippen LogP contribution >= 0.6 is 0 Å². The second-order valence-corrected chi connectivity index (χ2v) is 7.35. The summed E-state index contributed by atoms with van der Waals surface area (Å²) >= 11 is 0. The molecular weight excluding hydrogens is 330 g/mol. The minimum atomic E-state index is -0.896. The van der Waals surface area contributed by atoms with Gasteiger partial charge >= 0.3 is 0 Å². The molecule has 2 heteroatoms. The van der Waals surface area contributed by atoms with Gasteiger partial charge in [-0.2, -0.15) is 0 Å². The highest BCUT2D eigenvalue weighted by molar-refractivity contribution is 5.96. The van der Waals surface area contributed by atoms with Crippen molar-refractivity contribution in [3.8, 4) is 0 Å². The third-order valence-corrected chi connectivity index (χ3v) is 5.32. The molecule has 3 aromatic carbocycles. The van der Waals surface area contributed by atoms with E-state index < -0.39 is 5.41 Å². The van der Waals surface area contributed by atoms with Crippen LogP contribution in [0.4, 0.5) is 0 Å². The highest BCUT2D eigenvalue weighted by atomic mass is 16.2. The number of amides is 1. The first-order chi connectivity index (χ1) is 13.1. The fourth-order valence-electron chi connectivity index (χ4n) is 3.44. The molecule has 1 amide bonds. The number of carbonyl (C=O) groups is 1. The lowest BCUT2D eigenvalue weighted by Crippen LogP contribution is -2.50. The molecule has 0 fully saturated rings. The summed E-state index contributed by atoms with van der Waals surface area (Å²) in [7, 11) is 0. The predicted octanol–water partition coefficient (Wildman–Crippen LogP) is 5.18. The van der Waals surface area contributed by atoms with Gasteiger partial charge in [-0.3, -0.25) is 4.79 Å². The number of rotatable bonds is 6. The smallest absolute Gasteiger partial charge is 0.239 e. The molecule has 2 nitrogen and oxygen atoms in total. The number of benzene rings is 3. The summed E-state index contributed by atoms with van der Waals surface area (Å²) in [5.41, 5.74) is 2.01. The van der Waals surface area contributed by atoms with Gasteiger partial charge in [0.05, 0.1) is 0 Å². The molecule has 3 aromatic rings. The number of hydrogen-bond acceptors (Lipinski definition) is 1. The van der Waals surface area contributed by atoms with E-state index in [0.717, 1.165) is 16.7 Å². The van der Waals surface area contributed by atoms with Gasteiger partial charge in [-0.1, -0.05) is 105 Å². The lowest BCUT2D eigenvalue weighted by molar-refractivity contribution is -0.125. The Hall–Kier alpha value is -2.87. The second kappa shape index (κ2) is 8.22. The van der Waals surface area contributed by atoms with Crippen molar-refractivity contribution in [1.82, 2.24) is 5.32 Å². The van der Waals surface area contributed by atoms with E-state index in [-0.39, 0.29) is 11.9 Å². The number of nitrogens with one attached hydrogen (secondary N) is 1. The van der Waals surface area contributed by atoms with E-state index in [4.69, 9.17) is 0 Å². The first kappa shape index (κ1) is 18.9. The third kappa shape index (κ3) is 3.66. The maximum absolute atomic E-state index is 13.9. The van der Waals surface area contributed by atoms with E-state index >= 15 is 0 Å². The van der Waals surface area contributed by atoms with Crippen LogP contribution in [0.15, 0.2) is 91.0 Å². The molecule has 0 unspecified atom stereocenters. The maximum Gasteiger partial charge on any atom is 0.239 e. The van der Waals surface area contributed by atoms with Gasteiger partial charge in [-0.05, 0) is 29.5 Å². The van der Waals surface area contributed by atoms with Crippen LogP contribution in [0.1, 0.15) is 37.5 Å². The van der Waals surface area contributed by atoms with Gasteiger partial charge in [0.15, 0.2) is 0 Å². The van der Waals surface area contributed by atoms with E-state index in [0.29, 0.717) is 5.92 Å². The molecule has 0 spiro atoms. The highest BCUT2D eigenvalue weighted by Gasteiger charge is 2.44. The molecule has 138 valence electrons. The Morgan fingerprint density at radius 3 is 1.30 bits per heavy atom. The van der Waals surface area contributed by atoms with E-state index in [9.17, 15) is 4.79 Å². The Balaban J connectivity index is 2.28. The summed E-state index contributed by atoms with van der Waals surface area (Å²) in [6, 6.07) is 30.3. The molecule has 0 aromatic heterocycles. The van der Waals surface area contributed by atoms with Crippen LogP contribution in [-0.4, -0.2) is 11.9 Å². The zero-order valence-electron chi connectivity index (χ0n) is 16.2. The van der Waals surface area contributed by atoms with Crippen molar-refractivity contribution in [1.29, 1.82) is 0 Å². The predicted molar refractivity (Wildman–Crippen MR) is 112 cm³/mol. The second-order valence-electron chi connectivity index (χ2n) is 7.35. The lowest BCUT2D eigenvalue weighted by atomic mass is 9.68. The van der Waals surface area contributed by atoms with E-state index in [1.807, 2.05) is 91.0 Å². The van der Waals surface area contributed by atoms with Crippen molar-refractivity contribution in [2.45, 2.75) is 32.2 Å². The van der Waals surface area contributed by atoms with Crippen molar-refractivity contribution in [2.24, 2.45) is 5.92 Å². The van der Waals surface area contributed by atoms with Crippen LogP contribution in [-0.2, 0) is 10.2 Å². The average molecular weight is 357 g/mol. The van der Waals surface area contributed by atoms with Gasteiger partial charge < -0.3 is 5.32 Å². The summed E-state index contributed by atoms with van der Waals surface area (Å²) in [4.78, 5) is 13.9. The summed E-state index contributed by atoms with van der Waals surface area (Å²) in [5, 5.41) is 3.28. The molecule has 0 heterocycles. The zero-order chi connectivity index (χ0) is 19.3. The first-order valence-corrected chi connectivity index (χ1v) is 9.54. The van der Waals surface area contributed by atoms with Crippen LogP contribution in [0.25, 0.3) is 0 Å². The van der Waals surface area contributed by atoms with E-state index in [2.05, 4.69) is 26.1 Å². The van der Waals surface area contributed by atoms with Gasteiger partial charge in [0.1, 0.15) is 5.41 Å². The van der Waals surface area contributed by atoms with Crippen molar-refractivity contribution in [3.63, 3.8) is 0 Å². The molecule has 3 rings (SSSR count). The Labute approximate surface area is 162 Å². The van der Waals surface area contributed by atoms with Gasteiger partial charge in [-0.25, -0.2) is 0 Å². The molecule has 0 radical (unpaired) electrons. The summed E-state index contributed by atoms with van der Waals surface area (Å²) < 4.78 is 0. The van der Waals surface area contributed by atoms with Crippen LogP contribution in [0.5, 0.6) is 0 Å². The quantitative estimate of drug-likeness (QED) is 0.605. The standard InChI is InChI=1S/C25H27NO/c1-19(2)20(3)26-24(27)25(21-13-7-4-8-14-21,22-15-9-5-10-16-22)23-17-11-6-12-18-23/h4-20H,1-3H3,(H,26,27)/t20-/m0/s1.